The molecule has 1 unspecified atom stereocenters. The molecular weight excluding hydrogens is 273 g/mol. The topological polar surface area (TPSA) is 38.3 Å². The molecule has 0 saturated carbocycles. The Morgan fingerprint density at radius 3 is 2.61 bits per heavy atom. The molecule has 0 heterocycles. The van der Waals surface area contributed by atoms with Crippen molar-refractivity contribution < 1.29 is 9.53 Å². The van der Waals surface area contributed by atoms with Gasteiger partial charge in [-0.2, -0.15) is 0 Å². The molecule has 0 aliphatic carbocycles. The lowest BCUT2D eigenvalue weighted by molar-refractivity contribution is -0.123. The monoisotopic (exact) mass is 289 g/mol. The van der Waals surface area contributed by atoms with Crippen molar-refractivity contribution in [2.24, 2.45) is 0 Å². The van der Waals surface area contributed by atoms with Crippen LogP contribution in [-0.2, 0) is 4.79 Å². The third kappa shape index (κ3) is 5.61. The number of benzene rings is 1. The van der Waals surface area contributed by atoms with Crippen LogP contribution in [0.25, 0.3) is 0 Å². The summed E-state index contributed by atoms with van der Waals surface area (Å²) in [5.74, 6) is 1.03. The molecule has 0 bridgehead atoms. The van der Waals surface area contributed by atoms with Crippen molar-refractivity contribution in [1.29, 1.82) is 0 Å². The lowest BCUT2D eigenvalue weighted by Gasteiger charge is -2.15. The van der Waals surface area contributed by atoms with Crippen molar-refractivity contribution in [3.8, 4) is 5.75 Å². The zero-order valence-electron chi connectivity index (χ0n) is 10.3. The maximum absolute atomic E-state index is 11.6. The van der Waals surface area contributed by atoms with Crippen LogP contribution >= 0.6 is 23.2 Å². The molecule has 0 aliphatic rings. The molecule has 0 fully saturated rings. The summed E-state index contributed by atoms with van der Waals surface area (Å²) in [6.07, 6.45) is 1.63. The van der Waals surface area contributed by atoms with Gasteiger partial charge in [-0.05, 0) is 37.1 Å². The number of ether oxygens (including phenoxy) is 1. The SMILES string of the molecule is CCC(CCCl)NC(=O)COc1ccc(Cl)cc1. The summed E-state index contributed by atoms with van der Waals surface area (Å²) in [6.45, 7) is 2.01. The number of halogens is 2. The fourth-order valence-electron chi connectivity index (χ4n) is 1.46. The van der Waals surface area contributed by atoms with Crippen LogP contribution in [0.2, 0.25) is 5.02 Å². The van der Waals surface area contributed by atoms with Gasteiger partial charge >= 0.3 is 0 Å². The van der Waals surface area contributed by atoms with Gasteiger partial charge in [-0.25, -0.2) is 0 Å². The molecule has 0 aliphatic heterocycles. The van der Waals surface area contributed by atoms with Gasteiger partial charge in [0.15, 0.2) is 6.61 Å². The van der Waals surface area contributed by atoms with Crippen LogP contribution in [0, 0.1) is 0 Å². The molecule has 0 radical (unpaired) electrons. The van der Waals surface area contributed by atoms with Crippen molar-refractivity contribution in [3.05, 3.63) is 29.3 Å². The Morgan fingerprint density at radius 2 is 2.06 bits per heavy atom. The summed E-state index contributed by atoms with van der Waals surface area (Å²) in [5.41, 5.74) is 0. The van der Waals surface area contributed by atoms with Gasteiger partial charge in [-0.3, -0.25) is 4.79 Å². The first kappa shape index (κ1) is 15.1. The number of nitrogens with one attached hydrogen (secondary N) is 1. The van der Waals surface area contributed by atoms with Crippen LogP contribution in [0.3, 0.4) is 0 Å². The first-order valence-electron chi connectivity index (χ1n) is 5.89. The van der Waals surface area contributed by atoms with Crippen LogP contribution < -0.4 is 10.1 Å². The minimum absolute atomic E-state index is 0.000415. The lowest BCUT2D eigenvalue weighted by Crippen LogP contribution is -2.37. The summed E-state index contributed by atoms with van der Waals surface area (Å²) in [5, 5.41) is 3.51. The van der Waals surface area contributed by atoms with Crippen molar-refractivity contribution in [2.75, 3.05) is 12.5 Å². The highest BCUT2D eigenvalue weighted by Gasteiger charge is 2.10. The smallest absolute Gasteiger partial charge is 0.258 e. The van der Waals surface area contributed by atoms with Gasteiger partial charge in [0, 0.05) is 16.9 Å². The molecule has 0 saturated heterocycles. The van der Waals surface area contributed by atoms with Gasteiger partial charge in [0.25, 0.3) is 5.91 Å². The number of carbonyl (C=O) groups excluding carboxylic acids is 1. The van der Waals surface area contributed by atoms with Crippen LogP contribution in [0.1, 0.15) is 19.8 Å². The van der Waals surface area contributed by atoms with Gasteiger partial charge in [-0.15, -0.1) is 11.6 Å². The van der Waals surface area contributed by atoms with Crippen LogP contribution in [0.5, 0.6) is 5.75 Å². The van der Waals surface area contributed by atoms with Gasteiger partial charge < -0.3 is 10.1 Å². The summed E-state index contributed by atoms with van der Waals surface area (Å²) in [7, 11) is 0. The molecule has 0 aromatic heterocycles. The fraction of sp³-hybridized carbons (Fsp3) is 0.462. The van der Waals surface area contributed by atoms with E-state index in [4.69, 9.17) is 27.9 Å². The maximum atomic E-state index is 11.6. The Balaban J connectivity index is 2.34. The zero-order valence-corrected chi connectivity index (χ0v) is 11.8. The van der Waals surface area contributed by atoms with E-state index in [1.165, 1.54) is 0 Å². The normalized spacial score (nSPS) is 11.9. The molecule has 5 heteroatoms. The highest BCUT2D eigenvalue weighted by molar-refractivity contribution is 6.30. The Bertz CT molecular complexity index is 368. The van der Waals surface area contributed by atoms with Gasteiger partial charge in [0.05, 0.1) is 0 Å². The molecule has 1 aromatic rings. The number of amides is 1. The summed E-state index contributed by atoms with van der Waals surface area (Å²) < 4.78 is 5.34. The molecule has 1 atom stereocenters. The highest BCUT2D eigenvalue weighted by atomic mass is 35.5. The van der Waals surface area contributed by atoms with Crippen LogP contribution in [0.4, 0.5) is 0 Å². The summed E-state index contributed by atoms with van der Waals surface area (Å²) >= 11 is 11.4. The van der Waals surface area contributed by atoms with Gasteiger partial charge in [0.1, 0.15) is 5.75 Å². The van der Waals surface area contributed by atoms with Crippen LogP contribution in [-0.4, -0.2) is 24.4 Å². The predicted molar refractivity (Wildman–Crippen MR) is 74.5 cm³/mol. The number of hydrogen-bond acceptors (Lipinski definition) is 2. The minimum Gasteiger partial charge on any atom is -0.484 e. The molecule has 1 amide bonds. The second kappa shape index (κ2) is 8.22. The summed E-state index contributed by atoms with van der Waals surface area (Å²) in [4.78, 5) is 11.6. The second-order valence-electron chi connectivity index (χ2n) is 3.89. The Hall–Kier alpha value is -0.930. The molecule has 0 spiro atoms. The van der Waals surface area contributed by atoms with E-state index in [9.17, 15) is 4.79 Å². The van der Waals surface area contributed by atoms with E-state index in [2.05, 4.69) is 5.32 Å². The van der Waals surface area contributed by atoms with E-state index in [1.807, 2.05) is 6.92 Å². The Kier molecular flexibility index (Phi) is 6.91. The van der Waals surface area contributed by atoms with Crippen molar-refractivity contribution in [2.45, 2.75) is 25.8 Å². The van der Waals surface area contributed by atoms with Crippen molar-refractivity contribution in [1.82, 2.24) is 5.32 Å². The molecule has 100 valence electrons. The average molecular weight is 290 g/mol. The number of rotatable bonds is 7. The molecule has 1 N–H and O–H groups in total. The average Bonchev–Trinajstić information content (AvgIpc) is 2.37. The number of hydrogen-bond donors (Lipinski definition) is 1. The first-order chi connectivity index (χ1) is 8.65. The third-order valence-corrected chi connectivity index (χ3v) is 2.97. The predicted octanol–water partition coefficient (Wildman–Crippen LogP) is 3.24. The molecule has 1 aromatic carbocycles. The largest absolute Gasteiger partial charge is 0.484 e. The van der Waals surface area contributed by atoms with E-state index in [1.54, 1.807) is 24.3 Å². The fourth-order valence-corrected chi connectivity index (χ4v) is 1.85. The maximum Gasteiger partial charge on any atom is 0.258 e. The van der Waals surface area contributed by atoms with Crippen LogP contribution in [0.15, 0.2) is 24.3 Å². The van der Waals surface area contributed by atoms with Gasteiger partial charge in [-0.1, -0.05) is 18.5 Å². The third-order valence-electron chi connectivity index (χ3n) is 2.50. The Morgan fingerprint density at radius 1 is 1.39 bits per heavy atom. The quantitative estimate of drug-likeness (QED) is 0.783. The van der Waals surface area contributed by atoms with E-state index in [0.29, 0.717) is 16.7 Å². The minimum atomic E-state index is -0.137. The molecule has 3 nitrogen and oxygen atoms in total. The lowest BCUT2D eigenvalue weighted by atomic mass is 10.2. The van der Waals surface area contributed by atoms with E-state index >= 15 is 0 Å². The molecular formula is C13H17Cl2NO2. The van der Waals surface area contributed by atoms with E-state index in [0.717, 1.165) is 12.8 Å². The standard InChI is InChI=1S/C13H17Cl2NO2/c1-2-11(7-8-14)16-13(17)9-18-12-5-3-10(15)4-6-12/h3-6,11H,2,7-9H2,1H3,(H,16,17). The Labute approximate surface area is 117 Å². The van der Waals surface area contributed by atoms with Gasteiger partial charge in [0.2, 0.25) is 0 Å². The van der Waals surface area contributed by atoms with Crippen molar-refractivity contribution >= 4 is 29.1 Å². The van der Waals surface area contributed by atoms with E-state index < -0.39 is 0 Å². The molecule has 1 rings (SSSR count). The number of carbonyl (C=O) groups is 1. The molecule has 18 heavy (non-hydrogen) atoms. The van der Waals surface area contributed by atoms with Crippen molar-refractivity contribution in [3.63, 3.8) is 0 Å². The highest BCUT2D eigenvalue weighted by Crippen LogP contribution is 2.15. The first-order valence-corrected chi connectivity index (χ1v) is 6.80. The zero-order chi connectivity index (χ0) is 13.4. The van der Waals surface area contributed by atoms with E-state index in [-0.39, 0.29) is 18.6 Å². The number of alkyl halides is 1. The second-order valence-corrected chi connectivity index (χ2v) is 4.71. The summed E-state index contributed by atoms with van der Waals surface area (Å²) in [6, 6.07) is 7.01.